The maximum atomic E-state index is 12.8. The molecule has 9 heteroatoms. The summed E-state index contributed by atoms with van der Waals surface area (Å²) in [4.78, 5) is 28.9. The van der Waals surface area contributed by atoms with Gasteiger partial charge in [0.1, 0.15) is 10.4 Å². The van der Waals surface area contributed by atoms with E-state index in [0.29, 0.717) is 15.6 Å². The van der Waals surface area contributed by atoms with Crippen molar-refractivity contribution in [3.8, 4) is 0 Å². The fourth-order valence-electron chi connectivity index (χ4n) is 3.18. The van der Waals surface area contributed by atoms with Gasteiger partial charge in [-0.2, -0.15) is 0 Å². The average Bonchev–Trinajstić information content (AvgIpc) is 3.13. The highest BCUT2D eigenvalue weighted by Gasteiger charge is 2.41. The van der Waals surface area contributed by atoms with Crippen LogP contribution in [0, 0.1) is 0 Å². The molecule has 2 saturated heterocycles. The van der Waals surface area contributed by atoms with E-state index in [1.165, 1.54) is 21.6 Å². The minimum Gasteiger partial charge on any atom is -0.340 e. The standard InChI is InChI=1S/C18H20N2O4S3/c1-12(16(21)19(2)14-8-9-27(23,24)11-14)20-17(22)15(26-18(20)25)10-13-6-4-3-5-7-13/h3-7,10,12,14H,8-9,11H2,1-2H3/b15-10-/t12-,14+/m1/s1. The van der Waals surface area contributed by atoms with Crippen molar-refractivity contribution in [3.63, 3.8) is 0 Å². The molecule has 0 spiro atoms. The van der Waals surface area contributed by atoms with E-state index in [4.69, 9.17) is 12.2 Å². The Labute approximate surface area is 168 Å². The van der Waals surface area contributed by atoms with Crippen LogP contribution in [0.2, 0.25) is 0 Å². The normalized spacial score (nSPS) is 24.4. The average molecular weight is 425 g/mol. The summed E-state index contributed by atoms with van der Waals surface area (Å²) in [6.45, 7) is 1.62. The molecule has 3 rings (SSSR count). The molecule has 1 aromatic rings. The number of carbonyl (C=O) groups is 2. The molecule has 0 bridgehead atoms. The van der Waals surface area contributed by atoms with Crippen LogP contribution in [0.25, 0.3) is 6.08 Å². The van der Waals surface area contributed by atoms with Crippen LogP contribution < -0.4 is 0 Å². The molecule has 0 N–H and O–H groups in total. The number of likely N-dealkylation sites (N-methyl/N-ethyl adjacent to an activating group) is 1. The van der Waals surface area contributed by atoms with E-state index in [1.807, 2.05) is 30.3 Å². The molecular weight excluding hydrogens is 404 g/mol. The van der Waals surface area contributed by atoms with Crippen LogP contribution in [0.4, 0.5) is 0 Å². The minimum atomic E-state index is -3.10. The number of amides is 2. The molecule has 27 heavy (non-hydrogen) atoms. The number of thiocarbonyl (C=S) groups is 1. The van der Waals surface area contributed by atoms with Gasteiger partial charge >= 0.3 is 0 Å². The molecule has 1 aromatic carbocycles. The van der Waals surface area contributed by atoms with Gasteiger partial charge in [-0.05, 0) is 25.0 Å². The van der Waals surface area contributed by atoms with E-state index >= 15 is 0 Å². The van der Waals surface area contributed by atoms with Gasteiger partial charge in [0.25, 0.3) is 5.91 Å². The summed E-state index contributed by atoms with van der Waals surface area (Å²) in [5.74, 6) is -0.560. The van der Waals surface area contributed by atoms with Crippen LogP contribution in [-0.4, -0.2) is 65.0 Å². The summed E-state index contributed by atoms with van der Waals surface area (Å²) < 4.78 is 23.7. The number of benzene rings is 1. The highest BCUT2D eigenvalue weighted by atomic mass is 32.2. The molecule has 144 valence electrons. The Morgan fingerprint density at radius 1 is 1.37 bits per heavy atom. The molecule has 0 aliphatic carbocycles. The molecule has 0 radical (unpaired) electrons. The highest BCUT2D eigenvalue weighted by molar-refractivity contribution is 8.26. The maximum Gasteiger partial charge on any atom is 0.266 e. The first kappa shape index (κ1) is 20.0. The number of rotatable bonds is 4. The van der Waals surface area contributed by atoms with Crippen molar-refractivity contribution in [1.29, 1.82) is 0 Å². The molecular formula is C18H20N2O4S3. The second-order valence-corrected chi connectivity index (χ2v) is 10.5. The van der Waals surface area contributed by atoms with E-state index in [0.717, 1.165) is 5.56 Å². The van der Waals surface area contributed by atoms with Gasteiger partial charge in [-0.1, -0.05) is 54.3 Å². The summed E-state index contributed by atoms with van der Waals surface area (Å²) in [5, 5.41) is 0. The summed E-state index contributed by atoms with van der Waals surface area (Å²) >= 11 is 6.49. The predicted octanol–water partition coefficient (Wildman–Crippen LogP) is 1.92. The third-order valence-electron chi connectivity index (χ3n) is 4.77. The quantitative estimate of drug-likeness (QED) is 0.543. The van der Waals surface area contributed by atoms with Gasteiger partial charge in [0.15, 0.2) is 9.84 Å². The van der Waals surface area contributed by atoms with Gasteiger partial charge in [-0.3, -0.25) is 14.5 Å². The van der Waals surface area contributed by atoms with E-state index in [-0.39, 0.29) is 29.4 Å². The van der Waals surface area contributed by atoms with Crippen LogP contribution in [0.3, 0.4) is 0 Å². The fraction of sp³-hybridized carbons (Fsp3) is 0.389. The van der Waals surface area contributed by atoms with Crippen molar-refractivity contribution < 1.29 is 18.0 Å². The Morgan fingerprint density at radius 2 is 2.04 bits per heavy atom. The smallest absolute Gasteiger partial charge is 0.266 e. The lowest BCUT2D eigenvalue weighted by Gasteiger charge is -2.30. The fourth-order valence-corrected chi connectivity index (χ4v) is 6.37. The van der Waals surface area contributed by atoms with E-state index in [1.54, 1.807) is 20.0 Å². The highest BCUT2D eigenvalue weighted by Crippen LogP contribution is 2.34. The first-order chi connectivity index (χ1) is 12.7. The first-order valence-electron chi connectivity index (χ1n) is 8.49. The summed E-state index contributed by atoms with van der Waals surface area (Å²) in [6.07, 6.45) is 2.17. The van der Waals surface area contributed by atoms with E-state index < -0.39 is 15.9 Å². The molecule has 0 saturated carbocycles. The SMILES string of the molecule is C[C@H](C(=O)N(C)[C@H]1CCS(=O)(=O)C1)N1C(=O)/C(=C/c2ccccc2)SC1=S. The maximum absolute atomic E-state index is 12.8. The molecule has 0 unspecified atom stereocenters. The second-order valence-electron chi connectivity index (χ2n) is 6.64. The van der Waals surface area contributed by atoms with Crippen molar-refractivity contribution >= 4 is 56.0 Å². The number of nitrogens with zero attached hydrogens (tertiary/aromatic N) is 2. The van der Waals surface area contributed by atoms with Crippen LogP contribution in [0.15, 0.2) is 35.2 Å². The van der Waals surface area contributed by atoms with Crippen molar-refractivity contribution in [2.45, 2.75) is 25.4 Å². The van der Waals surface area contributed by atoms with Crippen molar-refractivity contribution in [2.24, 2.45) is 0 Å². The second kappa shape index (κ2) is 7.73. The molecule has 2 aliphatic heterocycles. The Balaban J connectivity index is 1.75. The Morgan fingerprint density at radius 3 is 2.63 bits per heavy atom. The van der Waals surface area contributed by atoms with Gasteiger partial charge in [-0.15, -0.1) is 0 Å². The number of hydrogen-bond acceptors (Lipinski definition) is 6. The third kappa shape index (κ3) is 4.25. The Hall–Kier alpha value is -1.71. The summed E-state index contributed by atoms with van der Waals surface area (Å²) in [6, 6.07) is 8.27. The van der Waals surface area contributed by atoms with Gasteiger partial charge in [0, 0.05) is 13.1 Å². The third-order valence-corrected chi connectivity index (χ3v) is 7.85. The number of sulfone groups is 1. The zero-order valence-corrected chi connectivity index (χ0v) is 17.4. The monoisotopic (exact) mass is 424 g/mol. The largest absolute Gasteiger partial charge is 0.340 e. The lowest BCUT2D eigenvalue weighted by atomic mass is 10.1. The summed E-state index contributed by atoms with van der Waals surface area (Å²) in [7, 11) is -1.51. The van der Waals surface area contributed by atoms with Crippen LogP contribution in [-0.2, 0) is 19.4 Å². The van der Waals surface area contributed by atoms with Crippen LogP contribution >= 0.6 is 24.0 Å². The lowest BCUT2D eigenvalue weighted by molar-refractivity contribution is -0.139. The molecule has 2 aliphatic rings. The van der Waals surface area contributed by atoms with Gasteiger partial charge < -0.3 is 4.90 Å². The van der Waals surface area contributed by atoms with Gasteiger partial charge in [0.05, 0.1) is 16.4 Å². The van der Waals surface area contributed by atoms with Crippen LogP contribution in [0.1, 0.15) is 18.9 Å². The lowest BCUT2D eigenvalue weighted by Crippen LogP contribution is -2.50. The van der Waals surface area contributed by atoms with Gasteiger partial charge in [0.2, 0.25) is 5.91 Å². The van der Waals surface area contributed by atoms with Crippen molar-refractivity contribution in [3.05, 3.63) is 40.8 Å². The number of hydrogen-bond donors (Lipinski definition) is 0. The Kier molecular flexibility index (Phi) is 5.73. The first-order valence-corrected chi connectivity index (χ1v) is 11.5. The van der Waals surface area contributed by atoms with Gasteiger partial charge in [-0.25, -0.2) is 8.42 Å². The topological polar surface area (TPSA) is 74.8 Å². The minimum absolute atomic E-state index is 0.0335. The van der Waals surface area contributed by atoms with Crippen LogP contribution in [0.5, 0.6) is 0 Å². The molecule has 2 amide bonds. The molecule has 2 fully saturated rings. The summed E-state index contributed by atoms with van der Waals surface area (Å²) in [5.41, 5.74) is 0.880. The zero-order chi connectivity index (χ0) is 19.8. The van der Waals surface area contributed by atoms with Crippen molar-refractivity contribution in [2.75, 3.05) is 18.6 Å². The molecule has 2 heterocycles. The van der Waals surface area contributed by atoms with Crippen molar-refractivity contribution in [1.82, 2.24) is 9.80 Å². The molecule has 2 atom stereocenters. The van der Waals surface area contributed by atoms with E-state index in [2.05, 4.69) is 0 Å². The molecule has 0 aromatic heterocycles. The molecule has 6 nitrogen and oxygen atoms in total. The number of carbonyl (C=O) groups excluding carboxylic acids is 2. The zero-order valence-electron chi connectivity index (χ0n) is 15.0. The predicted molar refractivity (Wildman–Crippen MR) is 111 cm³/mol. The van der Waals surface area contributed by atoms with E-state index in [9.17, 15) is 18.0 Å². The Bertz CT molecular complexity index is 912. The number of thioether (sulfide) groups is 1.